The Balaban J connectivity index is 0.00000189. The first-order valence-electron chi connectivity index (χ1n) is 20.0. The highest BCUT2D eigenvalue weighted by molar-refractivity contribution is 5.97. The van der Waals surface area contributed by atoms with Crippen molar-refractivity contribution in [2.24, 2.45) is 0 Å². The molecule has 0 amide bonds. The van der Waals surface area contributed by atoms with Crippen LogP contribution in [-0.4, -0.2) is 4.57 Å². The van der Waals surface area contributed by atoms with E-state index >= 15 is 0 Å². The van der Waals surface area contributed by atoms with Crippen molar-refractivity contribution in [1.29, 1.82) is 0 Å². The fourth-order valence-electron chi connectivity index (χ4n) is 9.60. The van der Waals surface area contributed by atoms with Gasteiger partial charge in [-0.05, 0) is 122 Å². The molecule has 0 N–H and O–H groups in total. The molecule has 0 fully saturated rings. The van der Waals surface area contributed by atoms with Gasteiger partial charge in [0.25, 0.3) is 0 Å². The van der Waals surface area contributed by atoms with Gasteiger partial charge in [-0.25, -0.2) is 0 Å². The van der Waals surface area contributed by atoms with Crippen LogP contribution in [0.1, 0.15) is 103 Å². The minimum atomic E-state index is -0.0412. The normalized spacial score (nSPS) is 17.6. The third kappa shape index (κ3) is 5.36. The van der Waals surface area contributed by atoms with Crippen LogP contribution in [0.3, 0.4) is 0 Å². The maximum absolute atomic E-state index is 2.59. The van der Waals surface area contributed by atoms with E-state index in [1.807, 2.05) is 13.8 Å². The first-order valence-corrected chi connectivity index (χ1v) is 20.0. The molecule has 54 heavy (non-hydrogen) atoms. The molecule has 1 heteroatoms. The topological polar surface area (TPSA) is 4.93 Å². The smallest absolute Gasteiger partial charge is 0.0709 e. The molecule has 1 unspecified atom stereocenters. The number of hydrogen-bond acceptors (Lipinski definition) is 0. The zero-order valence-electron chi connectivity index (χ0n) is 32.3. The summed E-state index contributed by atoms with van der Waals surface area (Å²) in [6.45, 7) is 11.0. The Morgan fingerprint density at radius 1 is 0.704 bits per heavy atom. The molecule has 0 spiro atoms. The van der Waals surface area contributed by atoms with Gasteiger partial charge in [-0.3, -0.25) is 0 Å². The van der Waals surface area contributed by atoms with Crippen LogP contribution >= 0.6 is 0 Å². The van der Waals surface area contributed by atoms with Crippen molar-refractivity contribution in [2.45, 2.75) is 71.8 Å². The third-order valence-electron chi connectivity index (χ3n) is 12.1. The summed E-state index contributed by atoms with van der Waals surface area (Å²) in [5.74, 6) is 0. The summed E-state index contributed by atoms with van der Waals surface area (Å²) in [6, 6.07) is 37.0. The van der Waals surface area contributed by atoms with Gasteiger partial charge in [0.2, 0.25) is 0 Å². The van der Waals surface area contributed by atoms with Crippen molar-refractivity contribution in [2.75, 3.05) is 0 Å². The van der Waals surface area contributed by atoms with Crippen molar-refractivity contribution in [3.05, 3.63) is 195 Å². The molecule has 4 aliphatic rings. The summed E-state index contributed by atoms with van der Waals surface area (Å²) in [7, 11) is 0. The highest BCUT2D eigenvalue weighted by Crippen LogP contribution is 2.51. The summed E-state index contributed by atoms with van der Waals surface area (Å²) in [5, 5.41) is 1.37. The fraction of sp³-hybridized carbons (Fsp3) is 0.208. The predicted octanol–water partition coefficient (Wildman–Crippen LogP) is 13.9. The first kappa shape index (κ1) is 34.1. The maximum atomic E-state index is 2.59. The van der Waals surface area contributed by atoms with E-state index in [1.165, 1.54) is 94.5 Å². The Morgan fingerprint density at radius 3 is 2.39 bits per heavy atom. The molecule has 10 rings (SSSR count). The van der Waals surface area contributed by atoms with Gasteiger partial charge in [0.05, 0.1) is 6.04 Å². The molecular formula is C53H49N. The van der Waals surface area contributed by atoms with Gasteiger partial charge in [-0.15, -0.1) is 0 Å². The number of aromatic nitrogens is 1. The van der Waals surface area contributed by atoms with E-state index in [0.717, 1.165) is 25.7 Å². The van der Waals surface area contributed by atoms with Crippen LogP contribution in [0.25, 0.3) is 50.9 Å². The van der Waals surface area contributed by atoms with Gasteiger partial charge in [0.1, 0.15) is 0 Å². The Bertz CT molecular complexity index is 2610. The molecular weight excluding hydrogens is 651 g/mol. The van der Waals surface area contributed by atoms with Crippen LogP contribution in [0.5, 0.6) is 0 Å². The predicted molar refractivity (Wildman–Crippen MR) is 232 cm³/mol. The molecule has 4 aliphatic carbocycles. The quantitative estimate of drug-likeness (QED) is 0.161. The van der Waals surface area contributed by atoms with E-state index in [-0.39, 0.29) is 11.5 Å². The summed E-state index contributed by atoms with van der Waals surface area (Å²) in [5.41, 5.74) is 22.0. The van der Waals surface area contributed by atoms with Crippen LogP contribution in [0.4, 0.5) is 0 Å². The van der Waals surface area contributed by atoms with E-state index < -0.39 is 0 Å². The van der Waals surface area contributed by atoms with Crippen molar-refractivity contribution in [3.63, 3.8) is 0 Å². The lowest BCUT2D eigenvalue weighted by atomic mass is 9.82. The molecule has 1 nitrogen and oxygen atoms in total. The van der Waals surface area contributed by atoms with E-state index in [1.54, 1.807) is 0 Å². The summed E-state index contributed by atoms with van der Waals surface area (Å²) in [4.78, 5) is 0. The molecule has 0 bridgehead atoms. The molecule has 0 saturated carbocycles. The first-order chi connectivity index (χ1) is 26.5. The van der Waals surface area contributed by atoms with Gasteiger partial charge in [0.15, 0.2) is 0 Å². The lowest BCUT2D eigenvalue weighted by molar-refractivity contribution is 0.659. The zero-order chi connectivity index (χ0) is 37.0. The number of nitrogens with zero attached hydrogens (tertiary/aromatic N) is 1. The second kappa shape index (κ2) is 13.6. The van der Waals surface area contributed by atoms with Crippen LogP contribution in [-0.2, 0) is 24.7 Å². The van der Waals surface area contributed by atoms with E-state index in [9.17, 15) is 0 Å². The van der Waals surface area contributed by atoms with Crippen LogP contribution in [0.2, 0.25) is 0 Å². The summed E-state index contributed by atoms with van der Waals surface area (Å²) < 4.78 is 2.59. The van der Waals surface area contributed by atoms with Crippen molar-refractivity contribution in [1.82, 2.24) is 4.57 Å². The molecule has 1 aromatic heterocycles. The molecule has 1 heterocycles. The van der Waals surface area contributed by atoms with E-state index in [4.69, 9.17) is 0 Å². The molecule has 5 aromatic carbocycles. The minimum Gasteiger partial charge on any atom is -0.330 e. The summed E-state index contributed by atoms with van der Waals surface area (Å²) >= 11 is 0. The highest BCUT2D eigenvalue weighted by Gasteiger charge is 2.36. The van der Waals surface area contributed by atoms with Crippen LogP contribution in [0.15, 0.2) is 140 Å². The lowest BCUT2D eigenvalue weighted by Crippen LogP contribution is -2.15. The monoisotopic (exact) mass is 699 g/mol. The molecule has 266 valence electrons. The number of benzene rings is 5. The number of fused-ring (bicyclic) bond motifs is 10. The minimum absolute atomic E-state index is 0.0412. The van der Waals surface area contributed by atoms with Crippen molar-refractivity contribution >= 4 is 28.6 Å². The number of rotatable bonds is 4. The van der Waals surface area contributed by atoms with Crippen molar-refractivity contribution in [3.8, 4) is 22.3 Å². The highest BCUT2D eigenvalue weighted by atomic mass is 15.0. The molecule has 0 saturated heterocycles. The van der Waals surface area contributed by atoms with Gasteiger partial charge < -0.3 is 4.57 Å². The second-order valence-electron chi connectivity index (χ2n) is 15.4. The Morgan fingerprint density at radius 2 is 1.52 bits per heavy atom. The standard InChI is InChI=1S/C51H43N.C2H6/c1-4-14-38(40-21-13-22-41-39-18-9-8-15-35(39)30-44(40)41)36-26-25-33-27-28-37(17-12-16-34(33)29-36)52-49-24-7-5-6-20-43(49)46-31-45-42-19-10-11-23-47(42)51(2,3)48(45)32-50(46)52;1-2/h5-15,17-19,21-29,31-32,37H,4,16,20,30H2,1-3H3;1-2H3/b17-12-,28-27?,38-14-;. The third-order valence-corrected chi connectivity index (χ3v) is 12.1. The van der Waals surface area contributed by atoms with Crippen LogP contribution in [0, 0.1) is 0 Å². The van der Waals surface area contributed by atoms with Gasteiger partial charge in [0, 0.05) is 22.0 Å². The van der Waals surface area contributed by atoms with Gasteiger partial charge in [-0.1, -0.05) is 168 Å². The Kier molecular flexibility index (Phi) is 8.62. The number of allylic oxidation sites excluding steroid dienone is 7. The average Bonchev–Trinajstić information content (AvgIpc) is 3.70. The Labute approximate surface area is 321 Å². The maximum Gasteiger partial charge on any atom is 0.0709 e. The SMILES string of the molecule is CC.CC/C=C(/c1ccc2c(c1)C/C=C\C(n1c3c(c4cc5c(cc41)C(C)(C)c1ccccc1-5)CC=CC=C3)C=C2)c1cccc2c1Cc1ccccc1-2. The summed E-state index contributed by atoms with van der Waals surface area (Å²) in [6.07, 6.45) is 24.9. The number of hydrogen-bond donors (Lipinski definition) is 0. The molecule has 0 radical (unpaired) electrons. The zero-order valence-corrected chi connectivity index (χ0v) is 32.3. The average molecular weight is 700 g/mol. The molecule has 6 aromatic rings. The largest absolute Gasteiger partial charge is 0.330 e. The second-order valence-corrected chi connectivity index (χ2v) is 15.4. The lowest BCUT2D eigenvalue weighted by Gasteiger charge is -2.23. The van der Waals surface area contributed by atoms with E-state index in [0.29, 0.717) is 0 Å². The fourth-order valence-corrected chi connectivity index (χ4v) is 9.60. The van der Waals surface area contributed by atoms with Gasteiger partial charge in [-0.2, -0.15) is 0 Å². The van der Waals surface area contributed by atoms with Crippen LogP contribution < -0.4 is 0 Å². The molecule has 1 atom stereocenters. The Hall–Kier alpha value is -5.66. The molecule has 0 aliphatic heterocycles. The van der Waals surface area contributed by atoms with Crippen molar-refractivity contribution < 1.29 is 0 Å². The van der Waals surface area contributed by atoms with Gasteiger partial charge >= 0.3 is 0 Å². The van der Waals surface area contributed by atoms with E-state index in [2.05, 4.69) is 177 Å².